The lowest BCUT2D eigenvalue weighted by molar-refractivity contribution is 0.306. The van der Waals surface area contributed by atoms with Gasteiger partial charge in [-0.2, -0.15) is 0 Å². The van der Waals surface area contributed by atoms with Crippen LogP contribution in [-0.2, 0) is 6.61 Å². The van der Waals surface area contributed by atoms with Gasteiger partial charge in [0.2, 0.25) is 0 Å². The number of thiophene rings is 1. The molecule has 1 aromatic heterocycles. The van der Waals surface area contributed by atoms with E-state index in [-0.39, 0.29) is 0 Å². The molecule has 102 valence electrons. The maximum atomic E-state index is 5.78. The second-order valence-electron chi connectivity index (χ2n) is 4.64. The Balaban J connectivity index is 1.68. The molecule has 0 radical (unpaired) electrons. The van der Waals surface area contributed by atoms with Gasteiger partial charge in [-0.05, 0) is 40.3 Å². The van der Waals surface area contributed by atoms with Gasteiger partial charge >= 0.3 is 0 Å². The molecule has 0 aliphatic heterocycles. The third-order valence-electron chi connectivity index (χ3n) is 3.18. The minimum Gasteiger partial charge on any atom is -0.489 e. The van der Waals surface area contributed by atoms with Crippen molar-refractivity contribution >= 4 is 11.3 Å². The molecule has 0 N–H and O–H groups in total. The van der Waals surface area contributed by atoms with Crippen LogP contribution in [0.25, 0.3) is 11.1 Å². The molecule has 0 aliphatic rings. The highest BCUT2D eigenvalue weighted by Gasteiger charge is 2.02. The van der Waals surface area contributed by atoms with Crippen LogP contribution in [0.2, 0.25) is 0 Å². The maximum Gasteiger partial charge on any atom is 0.119 e. The van der Waals surface area contributed by atoms with Gasteiger partial charge in [-0.15, -0.1) is 17.8 Å². The van der Waals surface area contributed by atoms with Crippen molar-refractivity contribution in [3.05, 3.63) is 76.5 Å². The van der Waals surface area contributed by atoms with Gasteiger partial charge in [0, 0.05) is 0 Å². The summed E-state index contributed by atoms with van der Waals surface area (Å²) >= 11 is 1.59. The van der Waals surface area contributed by atoms with Gasteiger partial charge in [0.05, 0.1) is 4.88 Å². The third-order valence-corrected chi connectivity index (χ3v) is 4.04. The molecular formula is C19H14OS. The van der Waals surface area contributed by atoms with Crippen molar-refractivity contribution in [3.8, 4) is 29.2 Å². The summed E-state index contributed by atoms with van der Waals surface area (Å²) < 4.78 is 5.78. The molecule has 2 aromatic carbocycles. The van der Waals surface area contributed by atoms with Crippen molar-refractivity contribution in [2.24, 2.45) is 0 Å². The Bertz CT molecular complexity index is 748. The molecule has 0 saturated carbocycles. The molecule has 0 bridgehead atoms. The second kappa shape index (κ2) is 6.30. The van der Waals surface area contributed by atoms with Crippen molar-refractivity contribution in [2.75, 3.05) is 0 Å². The van der Waals surface area contributed by atoms with Gasteiger partial charge in [0.25, 0.3) is 0 Å². The van der Waals surface area contributed by atoms with Crippen LogP contribution in [0.4, 0.5) is 0 Å². The fraction of sp³-hybridized carbons (Fsp3) is 0.0526. The zero-order valence-corrected chi connectivity index (χ0v) is 12.3. The number of rotatable bonds is 4. The first-order chi connectivity index (χ1) is 10.3. The molecule has 0 unspecified atom stereocenters. The summed E-state index contributed by atoms with van der Waals surface area (Å²) in [5.41, 5.74) is 3.47. The standard InChI is InChI=1S/C19H14OS/c1-2-19-12-17(14-21-19)16-8-10-18(11-9-16)20-13-15-6-4-3-5-7-15/h1,3-12,14H,13H2. The molecule has 3 rings (SSSR count). The summed E-state index contributed by atoms with van der Waals surface area (Å²) in [5, 5.41) is 2.08. The lowest BCUT2D eigenvalue weighted by Crippen LogP contribution is -1.94. The van der Waals surface area contributed by atoms with E-state index in [0.29, 0.717) is 6.61 Å². The van der Waals surface area contributed by atoms with Gasteiger partial charge in [-0.1, -0.05) is 48.4 Å². The normalized spacial score (nSPS) is 10.0. The maximum absolute atomic E-state index is 5.78. The van der Waals surface area contributed by atoms with Crippen LogP contribution < -0.4 is 4.74 Å². The molecule has 1 heterocycles. The lowest BCUT2D eigenvalue weighted by atomic mass is 10.1. The molecule has 21 heavy (non-hydrogen) atoms. The Morgan fingerprint density at radius 1 is 0.952 bits per heavy atom. The van der Waals surface area contributed by atoms with Crippen molar-refractivity contribution in [2.45, 2.75) is 6.61 Å². The first-order valence-electron chi connectivity index (χ1n) is 6.67. The summed E-state index contributed by atoms with van der Waals surface area (Å²) in [6, 6.07) is 20.3. The first kappa shape index (κ1) is 13.5. The summed E-state index contributed by atoms with van der Waals surface area (Å²) in [6.07, 6.45) is 5.40. The molecule has 0 amide bonds. The van der Waals surface area contributed by atoms with E-state index in [9.17, 15) is 0 Å². The van der Waals surface area contributed by atoms with Crippen molar-refractivity contribution in [1.29, 1.82) is 0 Å². The Morgan fingerprint density at radius 3 is 2.38 bits per heavy atom. The Morgan fingerprint density at radius 2 is 1.71 bits per heavy atom. The number of terminal acetylenes is 1. The smallest absolute Gasteiger partial charge is 0.119 e. The van der Waals surface area contributed by atoms with E-state index in [1.165, 1.54) is 0 Å². The van der Waals surface area contributed by atoms with E-state index in [1.54, 1.807) is 11.3 Å². The van der Waals surface area contributed by atoms with Crippen LogP contribution >= 0.6 is 11.3 Å². The van der Waals surface area contributed by atoms with Gasteiger partial charge in [0.15, 0.2) is 0 Å². The van der Waals surface area contributed by atoms with Gasteiger partial charge < -0.3 is 4.74 Å². The number of ether oxygens (including phenoxy) is 1. The third kappa shape index (κ3) is 3.34. The number of hydrogen-bond acceptors (Lipinski definition) is 2. The molecule has 0 spiro atoms. The van der Waals surface area contributed by atoms with E-state index in [4.69, 9.17) is 11.2 Å². The van der Waals surface area contributed by atoms with Crippen LogP contribution in [0.15, 0.2) is 66.0 Å². The topological polar surface area (TPSA) is 9.23 Å². The second-order valence-corrected chi connectivity index (χ2v) is 5.55. The predicted molar refractivity (Wildman–Crippen MR) is 88.5 cm³/mol. The number of benzene rings is 2. The van der Waals surface area contributed by atoms with E-state index in [0.717, 1.165) is 27.3 Å². The van der Waals surface area contributed by atoms with Crippen LogP contribution in [0, 0.1) is 12.3 Å². The zero-order valence-electron chi connectivity index (χ0n) is 11.5. The molecule has 0 fully saturated rings. The first-order valence-corrected chi connectivity index (χ1v) is 7.55. The Hall–Kier alpha value is -2.50. The summed E-state index contributed by atoms with van der Waals surface area (Å²) in [7, 11) is 0. The van der Waals surface area contributed by atoms with Crippen molar-refractivity contribution in [1.82, 2.24) is 0 Å². The monoisotopic (exact) mass is 290 g/mol. The molecular weight excluding hydrogens is 276 g/mol. The number of hydrogen-bond donors (Lipinski definition) is 0. The van der Waals surface area contributed by atoms with E-state index < -0.39 is 0 Å². The summed E-state index contributed by atoms with van der Waals surface area (Å²) in [6.45, 7) is 0.583. The molecule has 0 aliphatic carbocycles. The highest BCUT2D eigenvalue weighted by atomic mass is 32.1. The largest absolute Gasteiger partial charge is 0.489 e. The summed E-state index contributed by atoms with van der Waals surface area (Å²) in [4.78, 5) is 0.953. The Kier molecular flexibility index (Phi) is 4.04. The zero-order chi connectivity index (χ0) is 14.5. The van der Waals surface area contributed by atoms with Gasteiger partial charge in [-0.25, -0.2) is 0 Å². The van der Waals surface area contributed by atoms with Crippen LogP contribution in [-0.4, -0.2) is 0 Å². The minimum absolute atomic E-state index is 0.583. The van der Waals surface area contributed by atoms with E-state index >= 15 is 0 Å². The average Bonchev–Trinajstić information content (AvgIpc) is 3.03. The molecule has 0 saturated heterocycles. The Labute approximate surface area is 128 Å². The average molecular weight is 290 g/mol. The van der Waals surface area contributed by atoms with Gasteiger partial charge in [-0.3, -0.25) is 0 Å². The van der Waals surface area contributed by atoms with E-state index in [2.05, 4.69) is 35.6 Å². The van der Waals surface area contributed by atoms with Gasteiger partial charge in [0.1, 0.15) is 12.4 Å². The SMILES string of the molecule is C#Cc1cc(-c2ccc(OCc3ccccc3)cc2)cs1. The quantitative estimate of drug-likeness (QED) is 0.616. The molecule has 0 atom stereocenters. The van der Waals surface area contributed by atoms with E-state index in [1.807, 2.05) is 36.4 Å². The fourth-order valence-electron chi connectivity index (χ4n) is 2.05. The predicted octanol–water partition coefficient (Wildman–Crippen LogP) is 4.98. The van der Waals surface area contributed by atoms with Crippen molar-refractivity contribution < 1.29 is 4.74 Å². The lowest BCUT2D eigenvalue weighted by Gasteiger charge is -2.07. The highest BCUT2D eigenvalue weighted by Crippen LogP contribution is 2.27. The van der Waals surface area contributed by atoms with Crippen LogP contribution in [0.3, 0.4) is 0 Å². The van der Waals surface area contributed by atoms with Crippen molar-refractivity contribution in [3.63, 3.8) is 0 Å². The van der Waals surface area contributed by atoms with Crippen LogP contribution in [0.1, 0.15) is 10.4 Å². The fourth-order valence-corrected chi connectivity index (χ4v) is 2.77. The van der Waals surface area contributed by atoms with Crippen LogP contribution in [0.5, 0.6) is 5.75 Å². The molecule has 3 aromatic rings. The molecule has 2 heteroatoms. The summed E-state index contributed by atoms with van der Waals surface area (Å²) in [5.74, 6) is 3.53. The molecule has 1 nitrogen and oxygen atoms in total. The highest BCUT2D eigenvalue weighted by molar-refractivity contribution is 7.11. The minimum atomic E-state index is 0.583.